The molecule has 1 aromatic heterocycles. The van der Waals surface area contributed by atoms with Gasteiger partial charge in [0.2, 0.25) is 5.28 Å². The lowest BCUT2D eigenvalue weighted by atomic mass is 10.3. The van der Waals surface area contributed by atoms with Crippen molar-refractivity contribution in [2.75, 3.05) is 18.5 Å². The highest BCUT2D eigenvalue weighted by atomic mass is 79.9. The highest BCUT2D eigenvalue weighted by molar-refractivity contribution is 9.10. The second-order valence-corrected chi connectivity index (χ2v) is 4.36. The molecule has 1 heterocycles. The number of anilines is 1. The fourth-order valence-corrected chi connectivity index (χ4v) is 1.61. The van der Waals surface area contributed by atoms with Crippen LogP contribution in [0.25, 0.3) is 0 Å². The lowest BCUT2D eigenvalue weighted by Gasteiger charge is -2.07. The monoisotopic (exact) mass is 321 g/mol. The van der Waals surface area contributed by atoms with Crippen LogP contribution in [0.1, 0.15) is 19.8 Å². The van der Waals surface area contributed by atoms with Gasteiger partial charge in [0.15, 0.2) is 0 Å². The van der Waals surface area contributed by atoms with E-state index in [1.807, 2.05) is 0 Å². The third-order valence-corrected chi connectivity index (χ3v) is 2.63. The summed E-state index contributed by atoms with van der Waals surface area (Å²) < 4.78 is 5.55. The van der Waals surface area contributed by atoms with E-state index in [9.17, 15) is 4.79 Å². The van der Waals surface area contributed by atoms with Crippen LogP contribution in [0.3, 0.4) is 0 Å². The van der Waals surface area contributed by atoms with Crippen molar-refractivity contribution in [2.45, 2.75) is 19.8 Å². The van der Waals surface area contributed by atoms with Crippen molar-refractivity contribution >= 4 is 39.3 Å². The number of nitrogens with zero attached hydrogens (tertiary/aromatic N) is 2. The van der Waals surface area contributed by atoms with Gasteiger partial charge >= 0.3 is 5.97 Å². The number of ether oxygens (including phenoxy) is 1. The van der Waals surface area contributed by atoms with Gasteiger partial charge in [0.25, 0.3) is 0 Å². The molecule has 0 fully saturated rings. The Hall–Kier alpha value is -0.880. The molecule has 0 unspecified atom stereocenters. The summed E-state index contributed by atoms with van der Waals surface area (Å²) in [6, 6.07) is 0. The van der Waals surface area contributed by atoms with Crippen molar-refractivity contribution in [1.29, 1.82) is 0 Å². The number of nitrogens with one attached hydrogen (secondary N) is 1. The maximum atomic E-state index is 11.1. The fourth-order valence-electron chi connectivity index (χ4n) is 1.14. The lowest BCUT2D eigenvalue weighted by Crippen LogP contribution is -2.09. The van der Waals surface area contributed by atoms with Crippen LogP contribution in [-0.2, 0) is 9.53 Å². The summed E-state index contributed by atoms with van der Waals surface area (Å²) in [4.78, 5) is 18.9. The molecule has 1 N–H and O–H groups in total. The fraction of sp³-hybridized carbons (Fsp3) is 0.500. The average molecular weight is 323 g/mol. The summed E-state index contributed by atoms with van der Waals surface area (Å²) in [6.07, 6.45) is 2.63. The zero-order valence-corrected chi connectivity index (χ0v) is 11.7. The summed E-state index contributed by atoms with van der Waals surface area (Å²) in [7, 11) is 0. The Morgan fingerprint density at radius 2 is 2.41 bits per heavy atom. The Balaban J connectivity index is 2.31. The molecule has 0 bridgehead atoms. The molecule has 0 aliphatic heterocycles. The quantitative estimate of drug-likeness (QED) is 0.495. The number of carbonyl (C=O) groups excluding carboxylic acids is 1. The largest absolute Gasteiger partial charge is 0.466 e. The predicted octanol–water partition coefficient (Wildman–Crippen LogP) is 2.65. The molecule has 1 rings (SSSR count). The summed E-state index contributed by atoms with van der Waals surface area (Å²) >= 11 is 8.96. The van der Waals surface area contributed by atoms with Crippen LogP contribution < -0.4 is 5.32 Å². The number of halogens is 2. The molecule has 5 nitrogen and oxygen atoms in total. The van der Waals surface area contributed by atoms with Crippen LogP contribution in [0.5, 0.6) is 0 Å². The summed E-state index contributed by atoms with van der Waals surface area (Å²) in [5.41, 5.74) is 0. The Kier molecular flexibility index (Phi) is 6.21. The van der Waals surface area contributed by atoms with Gasteiger partial charge in [0.05, 0.1) is 11.1 Å². The Labute approximate surface area is 113 Å². The molecule has 0 amide bonds. The Morgan fingerprint density at radius 1 is 1.65 bits per heavy atom. The first-order valence-corrected chi connectivity index (χ1v) is 6.38. The maximum absolute atomic E-state index is 11.1. The van der Waals surface area contributed by atoms with E-state index in [4.69, 9.17) is 16.3 Å². The molecule has 94 valence electrons. The molecule has 0 saturated heterocycles. The van der Waals surface area contributed by atoms with E-state index in [2.05, 4.69) is 31.2 Å². The third-order valence-electron chi connectivity index (χ3n) is 1.87. The number of aromatic nitrogens is 2. The molecule has 17 heavy (non-hydrogen) atoms. The molecule has 0 radical (unpaired) electrons. The lowest BCUT2D eigenvalue weighted by molar-refractivity contribution is -0.143. The molecule has 0 aromatic carbocycles. The SMILES string of the molecule is CCOC(=O)CCCNc1nc(Cl)ncc1Br. The van der Waals surface area contributed by atoms with Crippen molar-refractivity contribution in [2.24, 2.45) is 0 Å². The minimum Gasteiger partial charge on any atom is -0.466 e. The van der Waals surface area contributed by atoms with Gasteiger partial charge in [-0.05, 0) is 40.9 Å². The minimum atomic E-state index is -0.186. The molecule has 0 saturated carbocycles. The number of carbonyl (C=O) groups is 1. The number of hydrogen-bond donors (Lipinski definition) is 1. The first-order valence-electron chi connectivity index (χ1n) is 5.21. The molecule has 0 aliphatic carbocycles. The normalized spacial score (nSPS) is 10.1. The second-order valence-electron chi connectivity index (χ2n) is 3.17. The van der Waals surface area contributed by atoms with E-state index in [0.717, 1.165) is 4.47 Å². The van der Waals surface area contributed by atoms with Gasteiger partial charge < -0.3 is 10.1 Å². The zero-order valence-electron chi connectivity index (χ0n) is 9.37. The van der Waals surface area contributed by atoms with Gasteiger partial charge in [-0.3, -0.25) is 4.79 Å². The Bertz CT molecular complexity index is 390. The van der Waals surface area contributed by atoms with Crippen LogP contribution in [0.4, 0.5) is 5.82 Å². The first-order chi connectivity index (χ1) is 8.13. The van der Waals surface area contributed by atoms with E-state index in [0.29, 0.717) is 31.8 Å². The van der Waals surface area contributed by atoms with Crippen molar-refractivity contribution < 1.29 is 9.53 Å². The third kappa shape index (κ3) is 5.32. The Morgan fingerprint density at radius 3 is 3.12 bits per heavy atom. The van der Waals surface area contributed by atoms with Gasteiger partial charge in [0.1, 0.15) is 5.82 Å². The molecule has 7 heteroatoms. The zero-order chi connectivity index (χ0) is 12.7. The van der Waals surface area contributed by atoms with Crippen LogP contribution in [-0.4, -0.2) is 29.1 Å². The van der Waals surface area contributed by atoms with Crippen LogP contribution in [0.15, 0.2) is 10.7 Å². The van der Waals surface area contributed by atoms with Crippen LogP contribution in [0.2, 0.25) is 5.28 Å². The molecule has 0 atom stereocenters. The van der Waals surface area contributed by atoms with Crippen LogP contribution in [0, 0.1) is 0 Å². The van der Waals surface area contributed by atoms with E-state index in [1.54, 1.807) is 13.1 Å². The van der Waals surface area contributed by atoms with E-state index >= 15 is 0 Å². The van der Waals surface area contributed by atoms with Gasteiger partial charge in [-0.15, -0.1) is 0 Å². The second kappa shape index (κ2) is 7.45. The van der Waals surface area contributed by atoms with Gasteiger partial charge in [-0.25, -0.2) is 4.98 Å². The summed E-state index contributed by atoms with van der Waals surface area (Å²) in [5.74, 6) is 0.433. The topological polar surface area (TPSA) is 64.1 Å². The van der Waals surface area contributed by atoms with Crippen molar-refractivity contribution in [3.05, 3.63) is 16.0 Å². The van der Waals surface area contributed by atoms with Crippen molar-refractivity contribution in [3.8, 4) is 0 Å². The smallest absolute Gasteiger partial charge is 0.305 e. The molecule has 0 spiro atoms. The van der Waals surface area contributed by atoms with Gasteiger partial charge in [0, 0.05) is 19.2 Å². The molecule has 1 aromatic rings. The highest BCUT2D eigenvalue weighted by Crippen LogP contribution is 2.19. The van der Waals surface area contributed by atoms with E-state index < -0.39 is 0 Å². The van der Waals surface area contributed by atoms with E-state index in [1.165, 1.54) is 0 Å². The molecular formula is C10H13BrClN3O2. The maximum Gasteiger partial charge on any atom is 0.305 e. The first kappa shape index (κ1) is 14.2. The summed E-state index contributed by atoms with van der Waals surface area (Å²) in [5, 5.41) is 3.24. The standard InChI is InChI=1S/C10H13BrClN3O2/c1-2-17-8(16)4-3-5-13-9-7(11)6-14-10(12)15-9/h6H,2-5H2,1H3,(H,13,14,15). The van der Waals surface area contributed by atoms with E-state index in [-0.39, 0.29) is 11.3 Å². The van der Waals surface area contributed by atoms with Crippen molar-refractivity contribution in [3.63, 3.8) is 0 Å². The van der Waals surface area contributed by atoms with Crippen molar-refractivity contribution in [1.82, 2.24) is 9.97 Å². The summed E-state index contributed by atoms with van der Waals surface area (Å²) in [6.45, 7) is 2.82. The molecular weight excluding hydrogens is 309 g/mol. The van der Waals surface area contributed by atoms with Crippen LogP contribution >= 0.6 is 27.5 Å². The average Bonchev–Trinajstić information content (AvgIpc) is 2.29. The number of rotatable bonds is 6. The molecule has 0 aliphatic rings. The predicted molar refractivity (Wildman–Crippen MR) is 69.1 cm³/mol. The van der Waals surface area contributed by atoms with Gasteiger partial charge in [-0.2, -0.15) is 4.98 Å². The minimum absolute atomic E-state index is 0.182. The number of esters is 1. The highest BCUT2D eigenvalue weighted by Gasteiger charge is 2.04. The number of hydrogen-bond acceptors (Lipinski definition) is 5. The van der Waals surface area contributed by atoms with Gasteiger partial charge in [-0.1, -0.05) is 0 Å².